The zero-order valence-electron chi connectivity index (χ0n) is 13.4. The van der Waals surface area contributed by atoms with Gasteiger partial charge in [-0.3, -0.25) is 9.59 Å². The van der Waals surface area contributed by atoms with E-state index >= 15 is 0 Å². The lowest BCUT2D eigenvalue weighted by Crippen LogP contribution is -2.51. The Morgan fingerprint density at radius 1 is 1.30 bits per heavy atom. The summed E-state index contributed by atoms with van der Waals surface area (Å²) in [5, 5.41) is 2.79. The SMILES string of the molecule is C[C@H](OCc1ccccc1)C(=O)NCC1(C(N)=O)CCOCC1. The fraction of sp³-hybridized carbons (Fsp3) is 0.529. The number of primary amides is 1. The Bertz CT molecular complexity index is 527. The predicted molar refractivity (Wildman–Crippen MR) is 85.4 cm³/mol. The Hall–Kier alpha value is -1.92. The molecule has 6 nitrogen and oxygen atoms in total. The molecule has 1 atom stereocenters. The monoisotopic (exact) mass is 320 g/mol. The van der Waals surface area contributed by atoms with E-state index in [9.17, 15) is 9.59 Å². The topological polar surface area (TPSA) is 90.6 Å². The van der Waals surface area contributed by atoms with Gasteiger partial charge in [-0.15, -0.1) is 0 Å². The third kappa shape index (κ3) is 4.77. The summed E-state index contributed by atoms with van der Waals surface area (Å²) in [5.74, 6) is -0.632. The minimum absolute atomic E-state index is 0.226. The van der Waals surface area contributed by atoms with Gasteiger partial charge in [0.2, 0.25) is 11.8 Å². The highest BCUT2D eigenvalue weighted by Crippen LogP contribution is 2.29. The van der Waals surface area contributed by atoms with Crippen LogP contribution in [0.25, 0.3) is 0 Å². The van der Waals surface area contributed by atoms with Gasteiger partial charge < -0.3 is 20.5 Å². The van der Waals surface area contributed by atoms with Crippen molar-refractivity contribution in [2.45, 2.75) is 32.5 Å². The predicted octanol–water partition coefficient (Wildman–Crippen LogP) is 0.990. The molecule has 1 aliphatic heterocycles. The summed E-state index contributed by atoms with van der Waals surface area (Å²) in [4.78, 5) is 23.9. The highest BCUT2D eigenvalue weighted by Gasteiger charge is 2.39. The number of nitrogens with one attached hydrogen (secondary N) is 1. The lowest BCUT2D eigenvalue weighted by Gasteiger charge is -2.34. The van der Waals surface area contributed by atoms with Crippen molar-refractivity contribution < 1.29 is 19.1 Å². The van der Waals surface area contributed by atoms with E-state index in [0.717, 1.165) is 5.56 Å². The third-order valence-corrected chi connectivity index (χ3v) is 4.29. The summed E-state index contributed by atoms with van der Waals surface area (Å²) in [6, 6.07) is 9.65. The van der Waals surface area contributed by atoms with Crippen molar-refractivity contribution in [3.8, 4) is 0 Å². The summed E-state index contributed by atoms with van der Waals surface area (Å²) in [6.07, 6.45) is 0.462. The van der Waals surface area contributed by atoms with Crippen LogP contribution < -0.4 is 11.1 Å². The van der Waals surface area contributed by atoms with Gasteiger partial charge in [-0.1, -0.05) is 30.3 Å². The quantitative estimate of drug-likeness (QED) is 0.784. The van der Waals surface area contributed by atoms with Crippen LogP contribution in [0.3, 0.4) is 0 Å². The largest absolute Gasteiger partial charge is 0.381 e. The molecule has 126 valence electrons. The van der Waals surface area contributed by atoms with Gasteiger partial charge >= 0.3 is 0 Å². The van der Waals surface area contributed by atoms with Crippen LogP contribution in [0.15, 0.2) is 30.3 Å². The van der Waals surface area contributed by atoms with Gasteiger partial charge in [-0.05, 0) is 25.3 Å². The first kappa shape index (κ1) is 17.4. The molecule has 1 aromatic rings. The number of carbonyl (C=O) groups excluding carboxylic acids is 2. The Balaban J connectivity index is 1.82. The molecule has 2 rings (SSSR count). The van der Waals surface area contributed by atoms with Gasteiger partial charge in [-0.25, -0.2) is 0 Å². The van der Waals surface area contributed by atoms with Crippen molar-refractivity contribution >= 4 is 11.8 Å². The molecule has 2 amide bonds. The van der Waals surface area contributed by atoms with Crippen LogP contribution in [0.5, 0.6) is 0 Å². The van der Waals surface area contributed by atoms with Crippen molar-refractivity contribution in [1.29, 1.82) is 0 Å². The summed E-state index contributed by atoms with van der Waals surface area (Å²) >= 11 is 0. The molecule has 0 saturated carbocycles. The Morgan fingerprint density at radius 3 is 2.57 bits per heavy atom. The van der Waals surface area contributed by atoms with E-state index in [1.807, 2.05) is 30.3 Å². The van der Waals surface area contributed by atoms with Crippen molar-refractivity contribution in [2.75, 3.05) is 19.8 Å². The second kappa shape index (κ2) is 8.08. The molecular weight excluding hydrogens is 296 g/mol. The van der Waals surface area contributed by atoms with E-state index in [1.54, 1.807) is 6.92 Å². The molecule has 0 aromatic heterocycles. The molecule has 23 heavy (non-hydrogen) atoms. The molecule has 0 aliphatic carbocycles. The van der Waals surface area contributed by atoms with Crippen LogP contribution in [-0.2, 0) is 25.7 Å². The van der Waals surface area contributed by atoms with Crippen LogP contribution in [0.1, 0.15) is 25.3 Å². The number of hydrogen-bond acceptors (Lipinski definition) is 4. The van der Waals surface area contributed by atoms with E-state index in [2.05, 4.69) is 5.32 Å². The first-order valence-corrected chi connectivity index (χ1v) is 7.84. The molecule has 0 radical (unpaired) electrons. The van der Waals surface area contributed by atoms with Crippen LogP contribution in [0.2, 0.25) is 0 Å². The molecule has 1 fully saturated rings. The minimum atomic E-state index is -0.715. The average Bonchev–Trinajstić information content (AvgIpc) is 2.59. The van der Waals surface area contributed by atoms with Gasteiger partial charge in [0.25, 0.3) is 0 Å². The van der Waals surface area contributed by atoms with Gasteiger partial charge in [0.1, 0.15) is 6.10 Å². The Labute approximate surface area is 136 Å². The zero-order valence-corrected chi connectivity index (χ0v) is 13.4. The second-order valence-electron chi connectivity index (χ2n) is 5.91. The molecule has 1 saturated heterocycles. The summed E-state index contributed by atoms with van der Waals surface area (Å²) in [7, 11) is 0. The smallest absolute Gasteiger partial charge is 0.248 e. The van der Waals surface area contributed by atoms with Crippen molar-refractivity contribution in [3.63, 3.8) is 0 Å². The van der Waals surface area contributed by atoms with Crippen molar-refractivity contribution in [3.05, 3.63) is 35.9 Å². The van der Waals surface area contributed by atoms with Crippen molar-refractivity contribution in [2.24, 2.45) is 11.1 Å². The highest BCUT2D eigenvalue weighted by atomic mass is 16.5. The number of nitrogens with two attached hydrogens (primary N) is 1. The van der Waals surface area contributed by atoms with Gasteiger partial charge in [0, 0.05) is 19.8 Å². The highest BCUT2D eigenvalue weighted by molar-refractivity contribution is 5.84. The zero-order chi connectivity index (χ0) is 16.7. The molecule has 6 heteroatoms. The van der Waals surface area contributed by atoms with Crippen molar-refractivity contribution in [1.82, 2.24) is 5.32 Å². The van der Waals surface area contributed by atoms with Gasteiger partial charge in [0.05, 0.1) is 12.0 Å². The maximum absolute atomic E-state index is 12.2. The normalized spacial score (nSPS) is 18.1. The number of amides is 2. The van der Waals surface area contributed by atoms with Crippen LogP contribution in [-0.4, -0.2) is 37.7 Å². The summed E-state index contributed by atoms with van der Waals surface area (Å²) < 4.78 is 10.8. The summed E-state index contributed by atoms with van der Waals surface area (Å²) in [6.45, 7) is 3.25. The standard InChI is InChI=1S/C17H24N2O4/c1-13(23-11-14-5-3-2-4-6-14)15(20)19-12-17(16(18)21)7-9-22-10-8-17/h2-6,13H,7-12H2,1H3,(H2,18,21)(H,19,20)/t13-/m0/s1. The molecule has 1 heterocycles. The molecule has 3 N–H and O–H groups in total. The van der Waals surface area contributed by atoms with E-state index in [0.29, 0.717) is 32.7 Å². The lowest BCUT2D eigenvalue weighted by atomic mass is 9.79. The van der Waals surface area contributed by atoms with E-state index in [1.165, 1.54) is 0 Å². The fourth-order valence-electron chi connectivity index (χ4n) is 2.54. The molecule has 1 aliphatic rings. The molecule has 0 unspecified atom stereocenters. The molecule has 1 aromatic carbocycles. The Morgan fingerprint density at radius 2 is 1.96 bits per heavy atom. The number of ether oxygens (including phenoxy) is 2. The first-order chi connectivity index (χ1) is 11.0. The van der Waals surface area contributed by atoms with Gasteiger partial charge in [-0.2, -0.15) is 0 Å². The second-order valence-corrected chi connectivity index (χ2v) is 5.91. The lowest BCUT2D eigenvalue weighted by molar-refractivity contribution is -0.137. The minimum Gasteiger partial charge on any atom is -0.381 e. The third-order valence-electron chi connectivity index (χ3n) is 4.29. The average molecular weight is 320 g/mol. The van der Waals surface area contributed by atoms with Crippen LogP contribution in [0, 0.1) is 5.41 Å². The Kier molecular flexibility index (Phi) is 6.12. The number of benzene rings is 1. The van der Waals surface area contributed by atoms with E-state index in [4.69, 9.17) is 15.2 Å². The fourth-order valence-corrected chi connectivity index (χ4v) is 2.54. The molecule has 0 spiro atoms. The van der Waals surface area contributed by atoms with Gasteiger partial charge in [0.15, 0.2) is 0 Å². The number of carbonyl (C=O) groups is 2. The first-order valence-electron chi connectivity index (χ1n) is 7.84. The number of rotatable bonds is 7. The van der Waals surface area contributed by atoms with E-state index in [-0.39, 0.29) is 18.4 Å². The van der Waals surface area contributed by atoms with E-state index < -0.39 is 11.5 Å². The summed E-state index contributed by atoms with van der Waals surface area (Å²) in [5.41, 5.74) is 5.81. The van der Waals surface area contributed by atoms with Crippen LogP contribution >= 0.6 is 0 Å². The molecule has 0 bridgehead atoms. The molecular formula is C17H24N2O4. The maximum Gasteiger partial charge on any atom is 0.248 e. The van der Waals surface area contributed by atoms with Crippen LogP contribution in [0.4, 0.5) is 0 Å². The number of hydrogen-bond donors (Lipinski definition) is 2. The maximum atomic E-state index is 12.2.